The highest BCUT2D eigenvalue weighted by Crippen LogP contribution is 2.15. The Bertz CT molecular complexity index is 516. The van der Waals surface area contributed by atoms with Crippen molar-refractivity contribution in [1.82, 2.24) is 10.3 Å². The van der Waals surface area contributed by atoms with Crippen LogP contribution in [0, 0.1) is 6.92 Å². The van der Waals surface area contributed by atoms with Crippen LogP contribution in [0.15, 0.2) is 35.8 Å². The van der Waals surface area contributed by atoms with Crippen molar-refractivity contribution in [3.8, 4) is 5.75 Å². The highest BCUT2D eigenvalue weighted by atomic mass is 32.1. The third-order valence-electron chi connectivity index (χ3n) is 2.91. The van der Waals surface area contributed by atoms with Gasteiger partial charge in [0.1, 0.15) is 23.5 Å². The van der Waals surface area contributed by atoms with Crippen molar-refractivity contribution in [2.24, 2.45) is 0 Å². The Morgan fingerprint density at radius 3 is 3.00 bits per heavy atom. The van der Waals surface area contributed by atoms with Crippen LogP contribution in [0.5, 0.6) is 5.75 Å². The Morgan fingerprint density at radius 1 is 1.45 bits per heavy atom. The lowest BCUT2D eigenvalue weighted by molar-refractivity contribution is 0.104. The lowest BCUT2D eigenvalue weighted by Crippen LogP contribution is -2.33. The monoisotopic (exact) mass is 292 g/mol. The molecule has 4 nitrogen and oxygen atoms in total. The molecule has 0 fully saturated rings. The molecule has 0 saturated heterocycles. The SMILES string of the molecule is Cc1cccc(OCC(O)CNC(C)c2nccs2)c1. The molecule has 0 saturated carbocycles. The molecule has 20 heavy (non-hydrogen) atoms. The van der Waals surface area contributed by atoms with Gasteiger partial charge in [0.2, 0.25) is 0 Å². The van der Waals surface area contributed by atoms with E-state index in [1.54, 1.807) is 17.5 Å². The number of aliphatic hydroxyl groups is 1. The fraction of sp³-hybridized carbons (Fsp3) is 0.400. The number of hydrogen-bond donors (Lipinski definition) is 2. The topological polar surface area (TPSA) is 54.4 Å². The summed E-state index contributed by atoms with van der Waals surface area (Å²) in [5.74, 6) is 0.789. The van der Waals surface area contributed by atoms with E-state index in [1.165, 1.54) is 0 Å². The molecule has 0 radical (unpaired) electrons. The van der Waals surface area contributed by atoms with Gasteiger partial charge in [-0.3, -0.25) is 0 Å². The van der Waals surface area contributed by atoms with Crippen LogP contribution < -0.4 is 10.1 Å². The molecule has 2 N–H and O–H groups in total. The molecule has 2 aromatic rings. The highest BCUT2D eigenvalue weighted by Gasteiger charge is 2.11. The largest absolute Gasteiger partial charge is 0.491 e. The third-order valence-corrected chi connectivity index (χ3v) is 3.87. The maximum absolute atomic E-state index is 9.92. The number of rotatable bonds is 7. The van der Waals surface area contributed by atoms with Gasteiger partial charge in [-0.05, 0) is 31.5 Å². The van der Waals surface area contributed by atoms with E-state index in [0.717, 1.165) is 16.3 Å². The maximum atomic E-state index is 9.92. The van der Waals surface area contributed by atoms with Gasteiger partial charge in [0, 0.05) is 18.1 Å². The van der Waals surface area contributed by atoms with Crippen molar-refractivity contribution in [2.45, 2.75) is 26.0 Å². The van der Waals surface area contributed by atoms with Gasteiger partial charge >= 0.3 is 0 Å². The number of ether oxygens (including phenoxy) is 1. The number of aliphatic hydroxyl groups excluding tert-OH is 1. The second kappa shape index (κ2) is 7.38. The first kappa shape index (κ1) is 15.0. The van der Waals surface area contributed by atoms with Crippen LogP contribution in [0.3, 0.4) is 0 Å². The molecule has 0 aliphatic heterocycles. The fourth-order valence-corrected chi connectivity index (χ4v) is 2.48. The summed E-state index contributed by atoms with van der Waals surface area (Å²) in [5.41, 5.74) is 1.15. The normalized spacial score (nSPS) is 13.9. The van der Waals surface area contributed by atoms with E-state index in [0.29, 0.717) is 6.54 Å². The quantitative estimate of drug-likeness (QED) is 0.823. The summed E-state index contributed by atoms with van der Waals surface area (Å²) in [6, 6.07) is 7.95. The summed E-state index contributed by atoms with van der Waals surface area (Å²) < 4.78 is 5.57. The zero-order valence-electron chi connectivity index (χ0n) is 11.7. The van der Waals surface area contributed by atoms with E-state index in [1.807, 2.05) is 43.5 Å². The Morgan fingerprint density at radius 2 is 2.30 bits per heavy atom. The summed E-state index contributed by atoms with van der Waals surface area (Å²) >= 11 is 1.61. The predicted molar refractivity (Wildman–Crippen MR) is 81.2 cm³/mol. The van der Waals surface area contributed by atoms with Gasteiger partial charge in [0.25, 0.3) is 0 Å². The first-order valence-corrected chi connectivity index (χ1v) is 7.53. The van der Waals surface area contributed by atoms with Crippen molar-refractivity contribution in [3.05, 3.63) is 46.4 Å². The van der Waals surface area contributed by atoms with E-state index in [4.69, 9.17) is 4.74 Å². The third kappa shape index (κ3) is 4.59. The molecule has 2 rings (SSSR count). The molecule has 0 aliphatic carbocycles. The number of nitrogens with zero attached hydrogens (tertiary/aromatic N) is 1. The van der Waals surface area contributed by atoms with Gasteiger partial charge in [-0.2, -0.15) is 0 Å². The lowest BCUT2D eigenvalue weighted by atomic mass is 10.2. The predicted octanol–water partition coefficient (Wildman–Crippen LogP) is 2.54. The molecule has 0 amide bonds. The van der Waals surface area contributed by atoms with Crippen molar-refractivity contribution in [2.75, 3.05) is 13.2 Å². The van der Waals surface area contributed by atoms with Crippen LogP contribution in [0.2, 0.25) is 0 Å². The van der Waals surface area contributed by atoms with Gasteiger partial charge in [-0.1, -0.05) is 12.1 Å². The minimum absolute atomic E-state index is 0.142. The van der Waals surface area contributed by atoms with Gasteiger partial charge in [-0.25, -0.2) is 4.98 Å². The van der Waals surface area contributed by atoms with E-state index >= 15 is 0 Å². The fourth-order valence-electron chi connectivity index (χ4n) is 1.80. The number of aryl methyl sites for hydroxylation is 1. The molecule has 1 aromatic carbocycles. The average Bonchev–Trinajstić information content (AvgIpc) is 2.97. The lowest BCUT2D eigenvalue weighted by Gasteiger charge is -2.16. The second-order valence-electron chi connectivity index (χ2n) is 4.78. The van der Waals surface area contributed by atoms with Crippen LogP contribution in [0.4, 0.5) is 0 Å². The molecule has 1 heterocycles. The molecule has 0 bridgehead atoms. The van der Waals surface area contributed by atoms with Gasteiger partial charge in [0.05, 0.1) is 6.04 Å². The number of thiazole rings is 1. The Hall–Kier alpha value is -1.43. The molecule has 108 valence electrons. The number of benzene rings is 1. The minimum atomic E-state index is -0.544. The van der Waals surface area contributed by atoms with Crippen LogP contribution in [-0.4, -0.2) is 29.3 Å². The van der Waals surface area contributed by atoms with Gasteiger partial charge < -0.3 is 15.2 Å². The van der Waals surface area contributed by atoms with Crippen molar-refractivity contribution >= 4 is 11.3 Å². The second-order valence-corrected chi connectivity index (χ2v) is 5.71. The van der Waals surface area contributed by atoms with Crippen LogP contribution in [0.1, 0.15) is 23.5 Å². The Kier molecular flexibility index (Phi) is 5.52. The molecule has 0 spiro atoms. The average molecular weight is 292 g/mol. The first-order valence-electron chi connectivity index (χ1n) is 6.65. The van der Waals surface area contributed by atoms with Crippen LogP contribution >= 0.6 is 11.3 Å². The molecule has 0 aliphatic rings. The van der Waals surface area contributed by atoms with E-state index in [9.17, 15) is 5.11 Å². The van der Waals surface area contributed by atoms with E-state index < -0.39 is 6.10 Å². The Balaban J connectivity index is 1.71. The Labute approximate surface area is 123 Å². The standard InChI is InChI=1S/C15H20N2O2S/c1-11-4-3-5-14(8-11)19-10-13(18)9-17-12(2)15-16-6-7-20-15/h3-8,12-13,17-18H,9-10H2,1-2H3. The summed E-state index contributed by atoms with van der Waals surface area (Å²) in [4.78, 5) is 4.24. The van der Waals surface area contributed by atoms with Crippen molar-refractivity contribution < 1.29 is 9.84 Å². The van der Waals surface area contributed by atoms with E-state index in [-0.39, 0.29) is 12.6 Å². The van der Waals surface area contributed by atoms with Crippen LogP contribution in [-0.2, 0) is 0 Å². The summed E-state index contributed by atoms with van der Waals surface area (Å²) in [6.45, 7) is 4.81. The van der Waals surface area contributed by atoms with E-state index in [2.05, 4.69) is 10.3 Å². The number of nitrogens with one attached hydrogen (secondary N) is 1. The molecule has 2 unspecified atom stereocenters. The van der Waals surface area contributed by atoms with Gasteiger partial charge in [0.15, 0.2) is 0 Å². The maximum Gasteiger partial charge on any atom is 0.119 e. The molecule has 1 aromatic heterocycles. The first-order chi connectivity index (χ1) is 9.65. The molecular formula is C15H20N2O2S. The summed E-state index contributed by atoms with van der Waals surface area (Å²) in [5, 5.41) is 16.1. The minimum Gasteiger partial charge on any atom is -0.491 e. The number of hydrogen-bond acceptors (Lipinski definition) is 5. The molecule has 2 atom stereocenters. The summed E-state index contributed by atoms with van der Waals surface area (Å²) in [6.07, 6.45) is 1.24. The zero-order chi connectivity index (χ0) is 14.4. The molecule has 5 heteroatoms. The molecular weight excluding hydrogens is 272 g/mol. The van der Waals surface area contributed by atoms with Crippen LogP contribution in [0.25, 0.3) is 0 Å². The number of aromatic nitrogens is 1. The van der Waals surface area contributed by atoms with Crippen molar-refractivity contribution in [1.29, 1.82) is 0 Å². The highest BCUT2D eigenvalue weighted by molar-refractivity contribution is 7.09. The summed E-state index contributed by atoms with van der Waals surface area (Å²) in [7, 11) is 0. The smallest absolute Gasteiger partial charge is 0.119 e. The zero-order valence-corrected chi connectivity index (χ0v) is 12.6. The van der Waals surface area contributed by atoms with Gasteiger partial charge in [-0.15, -0.1) is 11.3 Å². The van der Waals surface area contributed by atoms with Crippen molar-refractivity contribution in [3.63, 3.8) is 0 Å².